The average molecular weight is 447 g/mol. The number of nitrogens with zero attached hydrogens (tertiary/aromatic N) is 5. The Morgan fingerprint density at radius 3 is 2.79 bits per heavy atom. The first-order chi connectivity index (χ1) is 16.1. The molecule has 2 fully saturated rings. The molecule has 1 aliphatic carbocycles. The van der Waals surface area contributed by atoms with Crippen LogP contribution in [0.4, 0.5) is 11.5 Å². The number of benzene rings is 1. The van der Waals surface area contributed by atoms with E-state index in [-0.39, 0.29) is 6.61 Å². The van der Waals surface area contributed by atoms with Crippen molar-refractivity contribution >= 4 is 33.6 Å². The number of hydrogen-bond donors (Lipinski definition) is 4. The summed E-state index contributed by atoms with van der Waals surface area (Å²) in [5.74, 6) is 1.14. The van der Waals surface area contributed by atoms with Crippen LogP contribution in [0.3, 0.4) is 0 Å². The molecule has 170 valence electrons. The van der Waals surface area contributed by atoms with Crippen LogP contribution < -0.4 is 11.1 Å². The van der Waals surface area contributed by atoms with Gasteiger partial charge in [0, 0.05) is 23.5 Å². The van der Waals surface area contributed by atoms with Crippen LogP contribution in [0.2, 0.25) is 0 Å². The van der Waals surface area contributed by atoms with Gasteiger partial charge in [-0.3, -0.25) is 4.57 Å². The Morgan fingerprint density at radius 2 is 2.03 bits per heavy atom. The van der Waals surface area contributed by atoms with E-state index in [4.69, 9.17) is 25.4 Å². The Balaban J connectivity index is 1.46. The molecule has 1 aromatic carbocycles. The number of aliphatic hydroxyl groups is 2. The van der Waals surface area contributed by atoms with Gasteiger partial charge in [-0.15, -0.1) is 0 Å². The number of ether oxygens (including phenoxy) is 1. The third-order valence-corrected chi connectivity index (χ3v) is 6.50. The van der Waals surface area contributed by atoms with Gasteiger partial charge in [-0.05, 0) is 43.5 Å². The minimum atomic E-state index is -0.749. The Hall–Kier alpha value is -3.34. The zero-order chi connectivity index (χ0) is 22.5. The smallest absolute Gasteiger partial charge is 0.182 e. The highest BCUT2D eigenvalue weighted by Gasteiger charge is 2.35. The summed E-state index contributed by atoms with van der Waals surface area (Å²) in [7, 11) is 0. The summed E-state index contributed by atoms with van der Waals surface area (Å²) in [4.78, 5) is 18.9. The lowest BCUT2D eigenvalue weighted by Crippen LogP contribution is -2.27. The van der Waals surface area contributed by atoms with Crippen molar-refractivity contribution in [2.45, 2.75) is 50.2 Å². The number of aliphatic hydroxyl groups excluding tert-OH is 2. The van der Waals surface area contributed by atoms with E-state index in [0.717, 1.165) is 23.7 Å². The number of anilines is 2. The topological polar surface area (TPSA) is 144 Å². The van der Waals surface area contributed by atoms with Gasteiger partial charge in [0.25, 0.3) is 0 Å². The number of nitrogen functional groups attached to an aromatic ring is 1. The van der Waals surface area contributed by atoms with Crippen molar-refractivity contribution < 1.29 is 14.9 Å². The molecule has 1 aliphatic heterocycles. The third-order valence-electron chi connectivity index (χ3n) is 6.50. The van der Waals surface area contributed by atoms with Crippen LogP contribution >= 0.6 is 0 Å². The molecular formula is C23H25N7O3. The highest BCUT2D eigenvalue weighted by atomic mass is 16.5. The SMILES string of the molecule is Nc1ccc2nc(-c3nc(NC4CCC4)c4ncn([C@H]5C[C@H](O)[C@@H](CO)O5)c4n3)ccc2c1. The van der Waals surface area contributed by atoms with Crippen molar-refractivity contribution in [3.8, 4) is 11.5 Å². The third kappa shape index (κ3) is 3.56. The maximum Gasteiger partial charge on any atom is 0.182 e. The molecule has 1 saturated heterocycles. The number of nitrogens with two attached hydrogens (primary N) is 1. The molecule has 3 atom stereocenters. The van der Waals surface area contributed by atoms with Gasteiger partial charge in [0.05, 0.1) is 24.6 Å². The maximum absolute atomic E-state index is 10.2. The molecule has 4 heterocycles. The first kappa shape index (κ1) is 20.3. The van der Waals surface area contributed by atoms with Crippen LogP contribution in [0.5, 0.6) is 0 Å². The van der Waals surface area contributed by atoms with Gasteiger partial charge in [-0.25, -0.2) is 19.9 Å². The quantitative estimate of drug-likeness (QED) is 0.338. The molecule has 33 heavy (non-hydrogen) atoms. The van der Waals surface area contributed by atoms with Crippen LogP contribution in [0, 0.1) is 0 Å². The number of rotatable bonds is 5. The van der Waals surface area contributed by atoms with Gasteiger partial charge in [-0.2, -0.15) is 0 Å². The van der Waals surface area contributed by atoms with E-state index in [0.29, 0.717) is 46.7 Å². The van der Waals surface area contributed by atoms with Gasteiger partial charge >= 0.3 is 0 Å². The lowest BCUT2D eigenvalue weighted by atomic mass is 9.93. The first-order valence-electron chi connectivity index (χ1n) is 11.2. The summed E-state index contributed by atoms with van der Waals surface area (Å²) >= 11 is 0. The molecular weight excluding hydrogens is 422 g/mol. The highest BCUT2D eigenvalue weighted by Crippen LogP contribution is 2.34. The van der Waals surface area contributed by atoms with Gasteiger partial charge < -0.3 is 26.0 Å². The molecule has 0 bridgehead atoms. The molecule has 0 spiro atoms. The summed E-state index contributed by atoms with van der Waals surface area (Å²) in [6.07, 6.45) is 3.52. The summed E-state index contributed by atoms with van der Waals surface area (Å²) in [5.41, 5.74) is 9.27. The van der Waals surface area contributed by atoms with Crippen molar-refractivity contribution in [3.05, 3.63) is 36.7 Å². The summed E-state index contributed by atoms with van der Waals surface area (Å²) in [6, 6.07) is 9.79. The van der Waals surface area contributed by atoms with Gasteiger partial charge in [-0.1, -0.05) is 6.07 Å². The molecule has 2 aliphatic rings. The fraction of sp³-hybridized carbons (Fsp3) is 0.391. The molecule has 10 nitrogen and oxygen atoms in total. The van der Waals surface area contributed by atoms with Crippen molar-refractivity contribution in [1.82, 2.24) is 24.5 Å². The molecule has 0 radical (unpaired) electrons. The molecule has 5 N–H and O–H groups in total. The van der Waals surface area contributed by atoms with E-state index >= 15 is 0 Å². The zero-order valence-electron chi connectivity index (χ0n) is 17.9. The second-order valence-electron chi connectivity index (χ2n) is 8.76. The normalized spacial score (nSPS) is 23.3. The highest BCUT2D eigenvalue weighted by molar-refractivity contribution is 5.87. The number of hydrogen-bond acceptors (Lipinski definition) is 9. The summed E-state index contributed by atoms with van der Waals surface area (Å²) < 4.78 is 7.66. The second-order valence-corrected chi connectivity index (χ2v) is 8.76. The van der Waals surface area contributed by atoms with Gasteiger partial charge in [0.2, 0.25) is 0 Å². The predicted molar refractivity (Wildman–Crippen MR) is 123 cm³/mol. The van der Waals surface area contributed by atoms with Crippen molar-refractivity contribution in [2.24, 2.45) is 0 Å². The van der Waals surface area contributed by atoms with Crippen molar-refractivity contribution in [1.29, 1.82) is 0 Å². The molecule has 4 aromatic rings. The molecule has 1 saturated carbocycles. The van der Waals surface area contributed by atoms with Gasteiger partial charge in [0.1, 0.15) is 18.0 Å². The first-order valence-corrected chi connectivity index (χ1v) is 11.2. The number of imidazole rings is 1. The summed E-state index contributed by atoms with van der Waals surface area (Å²) in [5, 5.41) is 24.1. The minimum absolute atomic E-state index is 0.245. The average Bonchev–Trinajstić information content (AvgIpc) is 3.38. The Kier molecular flexibility index (Phi) is 4.86. The van der Waals surface area contributed by atoms with Crippen LogP contribution in [0.25, 0.3) is 33.6 Å². The van der Waals surface area contributed by atoms with Crippen LogP contribution in [-0.4, -0.2) is 59.6 Å². The Bertz CT molecular complexity index is 1340. The Morgan fingerprint density at radius 1 is 1.15 bits per heavy atom. The minimum Gasteiger partial charge on any atom is -0.399 e. The number of pyridine rings is 1. The van der Waals surface area contributed by atoms with Crippen molar-refractivity contribution in [3.63, 3.8) is 0 Å². The Labute approximate surface area is 189 Å². The van der Waals surface area contributed by atoms with Crippen LogP contribution in [-0.2, 0) is 4.74 Å². The zero-order valence-corrected chi connectivity index (χ0v) is 17.9. The number of aromatic nitrogens is 5. The molecule has 0 amide bonds. The molecule has 0 unspecified atom stereocenters. The van der Waals surface area contributed by atoms with E-state index in [1.165, 1.54) is 6.42 Å². The van der Waals surface area contributed by atoms with E-state index in [1.54, 1.807) is 10.9 Å². The molecule has 10 heteroatoms. The lowest BCUT2D eigenvalue weighted by molar-refractivity contribution is -0.0432. The van der Waals surface area contributed by atoms with Gasteiger partial charge in [0.15, 0.2) is 22.8 Å². The monoisotopic (exact) mass is 447 g/mol. The molecule has 3 aromatic heterocycles. The fourth-order valence-electron chi connectivity index (χ4n) is 4.41. The number of nitrogens with one attached hydrogen (secondary N) is 1. The van der Waals surface area contributed by atoms with Crippen LogP contribution in [0.15, 0.2) is 36.7 Å². The van der Waals surface area contributed by atoms with E-state index < -0.39 is 18.4 Å². The van der Waals surface area contributed by atoms with Crippen LogP contribution in [0.1, 0.15) is 31.9 Å². The number of fused-ring (bicyclic) bond motifs is 2. The standard InChI is InChI=1S/C23H25N7O3/c24-13-5-7-15-12(8-13)4-6-16(27-15)21-28-22(26-14-2-1-3-14)20-23(29-21)30(11-25-20)19-9-17(32)18(10-31)33-19/h4-8,11,14,17-19,31-32H,1-3,9-10,24H2,(H,26,28,29)/t17-,18+,19+/m0/s1. The maximum atomic E-state index is 10.2. The fourth-order valence-corrected chi connectivity index (χ4v) is 4.41. The predicted octanol–water partition coefficient (Wildman–Crippen LogP) is 2.23. The lowest BCUT2D eigenvalue weighted by Gasteiger charge is -2.27. The van der Waals surface area contributed by atoms with Crippen molar-refractivity contribution in [2.75, 3.05) is 17.7 Å². The largest absolute Gasteiger partial charge is 0.399 e. The van der Waals surface area contributed by atoms with E-state index in [2.05, 4.69) is 10.3 Å². The molecule has 6 rings (SSSR count). The summed E-state index contributed by atoms with van der Waals surface area (Å²) in [6.45, 7) is -0.245. The van der Waals surface area contributed by atoms with E-state index in [9.17, 15) is 10.2 Å². The second kappa shape index (κ2) is 7.91. The van der Waals surface area contributed by atoms with E-state index in [1.807, 2.05) is 30.3 Å².